The number of likely N-dealkylation sites (tertiary alicyclic amines) is 1. The molecule has 0 radical (unpaired) electrons. The number of nitrogens with zero attached hydrogens (tertiary/aromatic N) is 2. The van der Waals surface area contributed by atoms with Crippen LogP contribution >= 0.6 is 24.0 Å². The van der Waals surface area contributed by atoms with Crippen LogP contribution in [0, 0.1) is 5.41 Å². The highest BCUT2D eigenvalue weighted by atomic mass is 127. The van der Waals surface area contributed by atoms with Crippen molar-refractivity contribution in [2.45, 2.75) is 32.7 Å². The minimum absolute atomic E-state index is 0. The number of aliphatic imine (C=N–C) groups is 1. The number of methoxy groups -OCH3 is 1. The van der Waals surface area contributed by atoms with Gasteiger partial charge in [-0.05, 0) is 19.8 Å². The third-order valence-corrected chi connectivity index (χ3v) is 4.40. The van der Waals surface area contributed by atoms with Gasteiger partial charge in [0, 0.05) is 44.7 Å². The second-order valence-electron chi connectivity index (χ2n) is 6.75. The quantitative estimate of drug-likeness (QED) is 0.355. The molecule has 2 N–H and O–H groups in total. The largest absolute Gasteiger partial charge is 0.383 e. The Balaban J connectivity index is 0.00000264. The Hall–Kier alpha value is -0.120. The second-order valence-corrected chi connectivity index (χ2v) is 6.75. The fourth-order valence-electron chi connectivity index (χ4n) is 2.85. The van der Waals surface area contributed by atoms with Crippen molar-refractivity contribution in [1.82, 2.24) is 15.5 Å². The number of guanidine groups is 1. The molecule has 0 aromatic rings. The van der Waals surface area contributed by atoms with E-state index in [-0.39, 0.29) is 29.4 Å². The van der Waals surface area contributed by atoms with E-state index < -0.39 is 0 Å². The minimum Gasteiger partial charge on any atom is -0.383 e. The van der Waals surface area contributed by atoms with Crippen LogP contribution in [0.5, 0.6) is 0 Å². The molecule has 0 aromatic heterocycles. The van der Waals surface area contributed by atoms with E-state index in [1.807, 2.05) is 0 Å². The number of halogens is 1. The number of hydrogen-bond acceptors (Lipinski definition) is 4. The summed E-state index contributed by atoms with van der Waals surface area (Å²) in [7, 11) is 1.76. The predicted molar refractivity (Wildman–Crippen MR) is 105 cm³/mol. The molecular weight excluding hydrogens is 407 g/mol. The standard InChI is InChI=1S/C16H32N4O2.HI/c1-4-17-15(18-11-16(2)12-22-13-16)19-14-5-7-20(8-6-14)9-10-21-3;/h14H,4-13H2,1-3H3,(H2,17,18,19);1H. The van der Waals surface area contributed by atoms with Gasteiger partial charge in [0.15, 0.2) is 5.96 Å². The van der Waals surface area contributed by atoms with Gasteiger partial charge >= 0.3 is 0 Å². The van der Waals surface area contributed by atoms with Crippen molar-refractivity contribution in [3.05, 3.63) is 0 Å². The van der Waals surface area contributed by atoms with E-state index in [1.54, 1.807) is 7.11 Å². The van der Waals surface area contributed by atoms with E-state index in [1.165, 1.54) is 0 Å². The third kappa shape index (κ3) is 7.11. The minimum atomic E-state index is 0. The normalized spacial score (nSPS) is 22.1. The van der Waals surface area contributed by atoms with Crippen LogP contribution < -0.4 is 10.6 Å². The summed E-state index contributed by atoms with van der Waals surface area (Å²) in [5.41, 5.74) is 0.228. The summed E-state index contributed by atoms with van der Waals surface area (Å²) in [5, 5.41) is 6.96. The van der Waals surface area contributed by atoms with Gasteiger partial charge in [-0.1, -0.05) is 6.92 Å². The molecule has 2 rings (SSSR count). The van der Waals surface area contributed by atoms with Crippen molar-refractivity contribution in [2.75, 3.05) is 59.7 Å². The molecule has 2 heterocycles. The maximum Gasteiger partial charge on any atom is 0.191 e. The van der Waals surface area contributed by atoms with Gasteiger partial charge in [-0.15, -0.1) is 24.0 Å². The topological polar surface area (TPSA) is 58.1 Å². The molecule has 0 aromatic carbocycles. The Labute approximate surface area is 157 Å². The molecule has 2 saturated heterocycles. The van der Waals surface area contributed by atoms with Crippen LogP contribution in [-0.4, -0.2) is 76.6 Å². The summed E-state index contributed by atoms with van der Waals surface area (Å²) in [6.45, 7) is 11.8. The Bertz CT molecular complexity index is 356. The Morgan fingerprint density at radius 2 is 2.04 bits per heavy atom. The molecule has 0 aliphatic carbocycles. The van der Waals surface area contributed by atoms with E-state index in [0.717, 1.165) is 71.3 Å². The zero-order valence-electron chi connectivity index (χ0n) is 14.8. The molecule has 0 spiro atoms. The summed E-state index contributed by atoms with van der Waals surface area (Å²) in [6, 6.07) is 0.516. The van der Waals surface area contributed by atoms with Crippen LogP contribution in [0.2, 0.25) is 0 Å². The highest BCUT2D eigenvalue weighted by Crippen LogP contribution is 2.26. The number of nitrogens with one attached hydrogen (secondary N) is 2. The first kappa shape index (κ1) is 20.9. The molecule has 0 saturated carbocycles. The first-order valence-electron chi connectivity index (χ1n) is 8.49. The van der Waals surface area contributed by atoms with E-state index in [0.29, 0.717) is 6.04 Å². The van der Waals surface area contributed by atoms with Crippen molar-refractivity contribution in [2.24, 2.45) is 10.4 Å². The van der Waals surface area contributed by atoms with Gasteiger partial charge in [-0.3, -0.25) is 4.99 Å². The van der Waals surface area contributed by atoms with Crippen molar-refractivity contribution in [3.8, 4) is 0 Å². The molecule has 2 fully saturated rings. The number of hydrogen-bond donors (Lipinski definition) is 2. The van der Waals surface area contributed by atoms with Gasteiger partial charge in [0.1, 0.15) is 0 Å². The number of rotatable bonds is 7. The van der Waals surface area contributed by atoms with Crippen molar-refractivity contribution in [3.63, 3.8) is 0 Å². The molecule has 2 aliphatic rings. The van der Waals surface area contributed by atoms with Gasteiger partial charge in [0.05, 0.1) is 26.4 Å². The smallest absolute Gasteiger partial charge is 0.191 e. The van der Waals surface area contributed by atoms with Gasteiger partial charge in [-0.2, -0.15) is 0 Å². The van der Waals surface area contributed by atoms with E-state index >= 15 is 0 Å². The molecule has 0 bridgehead atoms. The molecule has 0 atom stereocenters. The first-order chi connectivity index (χ1) is 10.6. The van der Waals surface area contributed by atoms with Crippen molar-refractivity contribution < 1.29 is 9.47 Å². The van der Waals surface area contributed by atoms with Crippen LogP contribution in [0.3, 0.4) is 0 Å². The molecule has 2 aliphatic heterocycles. The van der Waals surface area contributed by atoms with Gasteiger partial charge in [0.25, 0.3) is 0 Å². The zero-order chi connectivity index (χ0) is 15.8. The van der Waals surface area contributed by atoms with E-state index in [9.17, 15) is 0 Å². The highest BCUT2D eigenvalue weighted by molar-refractivity contribution is 14.0. The molecule has 7 heteroatoms. The molecule has 6 nitrogen and oxygen atoms in total. The van der Waals surface area contributed by atoms with Crippen LogP contribution in [0.15, 0.2) is 4.99 Å². The fraction of sp³-hybridized carbons (Fsp3) is 0.938. The summed E-state index contributed by atoms with van der Waals surface area (Å²) in [6.07, 6.45) is 2.32. The first-order valence-corrected chi connectivity index (χ1v) is 8.49. The summed E-state index contributed by atoms with van der Waals surface area (Å²) < 4.78 is 10.4. The Kier molecular flexibility index (Phi) is 9.72. The summed E-state index contributed by atoms with van der Waals surface area (Å²) in [4.78, 5) is 7.22. The lowest BCUT2D eigenvalue weighted by Gasteiger charge is -2.37. The zero-order valence-corrected chi connectivity index (χ0v) is 17.1. The van der Waals surface area contributed by atoms with Gasteiger partial charge in [0.2, 0.25) is 0 Å². The lowest BCUT2D eigenvalue weighted by atomic mass is 9.89. The molecule has 0 amide bonds. The maximum atomic E-state index is 5.30. The van der Waals surface area contributed by atoms with Crippen LogP contribution in [0.1, 0.15) is 26.7 Å². The lowest BCUT2D eigenvalue weighted by Crippen LogP contribution is -2.50. The van der Waals surface area contributed by atoms with Crippen molar-refractivity contribution in [1.29, 1.82) is 0 Å². The van der Waals surface area contributed by atoms with Crippen LogP contribution in [0.25, 0.3) is 0 Å². The number of ether oxygens (including phenoxy) is 2. The third-order valence-electron chi connectivity index (χ3n) is 4.40. The van der Waals surface area contributed by atoms with E-state index in [4.69, 9.17) is 14.5 Å². The van der Waals surface area contributed by atoms with Crippen molar-refractivity contribution >= 4 is 29.9 Å². The Morgan fingerprint density at radius 1 is 1.35 bits per heavy atom. The monoisotopic (exact) mass is 440 g/mol. The number of piperidine rings is 1. The lowest BCUT2D eigenvalue weighted by molar-refractivity contribution is -0.0945. The summed E-state index contributed by atoms with van der Waals surface area (Å²) >= 11 is 0. The maximum absolute atomic E-state index is 5.30. The molecule has 136 valence electrons. The van der Waals surface area contributed by atoms with Crippen LogP contribution in [0.4, 0.5) is 0 Å². The van der Waals surface area contributed by atoms with Crippen LogP contribution in [-0.2, 0) is 9.47 Å². The molecule has 0 unspecified atom stereocenters. The average molecular weight is 440 g/mol. The average Bonchev–Trinajstić information content (AvgIpc) is 2.50. The highest BCUT2D eigenvalue weighted by Gasteiger charge is 2.33. The second kappa shape index (κ2) is 10.7. The molecule has 23 heavy (non-hydrogen) atoms. The predicted octanol–water partition coefficient (Wildman–Crippen LogP) is 1.31. The van der Waals surface area contributed by atoms with Gasteiger partial charge < -0.3 is 25.0 Å². The van der Waals surface area contributed by atoms with E-state index in [2.05, 4.69) is 29.4 Å². The van der Waals surface area contributed by atoms with Gasteiger partial charge in [-0.25, -0.2) is 0 Å². The molecular formula is C16H33IN4O2. The SMILES string of the molecule is CCNC(=NCC1(C)COC1)NC1CCN(CCOC)CC1.I. The summed E-state index contributed by atoms with van der Waals surface area (Å²) in [5.74, 6) is 0.950. The fourth-order valence-corrected chi connectivity index (χ4v) is 2.85. The Morgan fingerprint density at radius 3 is 2.57 bits per heavy atom.